The van der Waals surface area contributed by atoms with Crippen molar-refractivity contribution in [2.45, 2.75) is 50.1 Å². The van der Waals surface area contributed by atoms with Crippen molar-refractivity contribution in [2.75, 3.05) is 5.75 Å². The number of hydrogen-bond acceptors (Lipinski definition) is 5. The summed E-state index contributed by atoms with van der Waals surface area (Å²) in [6.45, 7) is 6.82. The largest absolute Gasteiger partial charge is 0.293 e. The van der Waals surface area contributed by atoms with Gasteiger partial charge >= 0.3 is 0 Å². The van der Waals surface area contributed by atoms with Crippen molar-refractivity contribution in [3.05, 3.63) is 47.0 Å². The summed E-state index contributed by atoms with van der Waals surface area (Å²) in [4.78, 5) is 17.0. The summed E-state index contributed by atoms with van der Waals surface area (Å²) in [5.41, 5.74) is 2.29. The topological polar surface area (TPSA) is 55.7 Å². The first-order valence-corrected chi connectivity index (χ1v) is 9.49. The van der Waals surface area contributed by atoms with E-state index in [0.717, 1.165) is 24.2 Å². The molecule has 0 amide bonds. The number of Topliss-reactive ketones (excluding diaryl/α,β-unsaturated/α-hetero) is 1. The highest BCUT2D eigenvalue weighted by Crippen LogP contribution is 2.66. The van der Waals surface area contributed by atoms with Crippen LogP contribution >= 0.6 is 11.8 Å². The van der Waals surface area contributed by atoms with Crippen LogP contribution in [0.4, 0.5) is 4.39 Å². The molecule has 0 aliphatic heterocycles. The van der Waals surface area contributed by atoms with Gasteiger partial charge in [0.15, 0.2) is 5.78 Å². The number of ketones is 1. The van der Waals surface area contributed by atoms with E-state index in [4.69, 9.17) is 4.98 Å². The van der Waals surface area contributed by atoms with Gasteiger partial charge in [-0.15, -0.1) is 5.10 Å². The van der Waals surface area contributed by atoms with Crippen molar-refractivity contribution in [1.29, 1.82) is 0 Å². The Kier molecular flexibility index (Phi) is 3.72. The molecule has 2 atom stereocenters. The van der Waals surface area contributed by atoms with Gasteiger partial charge < -0.3 is 0 Å². The molecule has 1 saturated carbocycles. The fourth-order valence-electron chi connectivity index (χ4n) is 4.32. The third-order valence-electron chi connectivity index (χ3n) is 6.28. The van der Waals surface area contributed by atoms with Gasteiger partial charge in [-0.3, -0.25) is 4.79 Å². The SMILES string of the molecule is CC12CCC(c3nnc(SCC(=O)c4ccccc4F)nc31)C2(C)C. The third-order valence-corrected chi connectivity index (χ3v) is 7.12. The number of halogens is 1. The van der Waals surface area contributed by atoms with Crippen molar-refractivity contribution in [2.24, 2.45) is 5.41 Å². The minimum absolute atomic E-state index is 0.00774. The maximum atomic E-state index is 13.7. The lowest BCUT2D eigenvalue weighted by molar-refractivity contribution is 0.101. The highest BCUT2D eigenvalue weighted by Gasteiger charge is 2.61. The first-order valence-electron chi connectivity index (χ1n) is 8.50. The molecule has 2 bridgehead atoms. The quantitative estimate of drug-likeness (QED) is 0.607. The molecule has 1 aromatic heterocycles. The monoisotopic (exact) mass is 357 g/mol. The van der Waals surface area contributed by atoms with Crippen molar-refractivity contribution in [3.63, 3.8) is 0 Å². The molecule has 0 saturated heterocycles. The maximum Gasteiger partial charge on any atom is 0.209 e. The number of carbonyl (C=O) groups excluding carboxylic acids is 1. The van der Waals surface area contributed by atoms with E-state index in [1.165, 1.54) is 23.9 Å². The standard InChI is InChI=1S/C19H20FN3OS/c1-18(2)12-8-9-19(18,3)16-15(12)22-23-17(21-16)25-10-14(24)11-6-4-5-7-13(11)20/h4-7,12H,8-10H2,1-3H3. The fraction of sp³-hybridized carbons (Fsp3) is 0.474. The van der Waals surface area contributed by atoms with E-state index in [1.54, 1.807) is 12.1 Å². The van der Waals surface area contributed by atoms with Crippen molar-refractivity contribution >= 4 is 17.5 Å². The minimum Gasteiger partial charge on any atom is -0.293 e. The molecule has 2 aliphatic rings. The van der Waals surface area contributed by atoms with Crippen LogP contribution in [0.2, 0.25) is 0 Å². The molecule has 4 nitrogen and oxygen atoms in total. The molecule has 0 N–H and O–H groups in total. The average Bonchev–Trinajstić information content (AvgIpc) is 2.92. The average molecular weight is 357 g/mol. The molecule has 2 unspecified atom stereocenters. The Morgan fingerprint density at radius 1 is 1.28 bits per heavy atom. The Hall–Kier alpha value is -1.82. The second-order valence-electron chi connectivity index (χ2n) is 7.66. The molecular formula is C19H20FN3OS. The van der Waals surface area contributed by atoms with E-state index in [0.29, 0.717) is 11.1 Å². The molecule has 0 spiro atoms. The molecule has 2 aliphatic carbocycles. The number of rotatable bonds is 4. The fourth-order valence-corrected chi connectivity index (χ4v) is 4.99. The first kappa shape index (κ1) is 16.6. The van der Waals surface area contributed by atoms with Gasteiger partial charge in [0.1, 0.15) is 5.82 Å². The van der Waals surface area contributed by atoms with E-state index in [-0.39, 0.29) is 27.9 Å². The van der Waals surface area contributed by atoms with Crippen LogP contribution in [0.25, 0.3) is 0 Å². The lowest BCUT2D eigenvalue weighted by Crippen LogP contribution is -2.32. The van der Waals surface area contributed by atoms with Crippen molar-refractivity contribution in [3.8, 4) is 0 Å². The molecule has 4 rings (SSSR count). The van der Waals surface area contributed by atoms with Crippen LogP contribution in [-0.2, 0) is 5.41 Å². The highest BCUT2D eigenvalue weighted by atomic mass is 32.2. The Morgan fingerprint density at radius 2 is 2.04 bits per heavy atom. The second kappa shape index (κ2) is 5.59. The summed E-state index contributed by atoms with van der Waals surface area (Å²) < 4.78 is 13.7. The summed E-state index contributed by atoms with van der Waals surface area (Å²) in [5, 5.41) is 9.14. The van der Waals surface area contributed by atoms with Crippen LogP contribution in [0.1, 0.15) is 61.3 Å². The summed E-state index contributed by atoms with van der Waals surface area (Å²) in [7, 11) is 0. The lowest BCUT2D eigenvalue weighted by Gasteiger charge is -2.33. The predicted octanol–water partition coefficient (Wildman–Crippen LogP) is 4.16. The van der Waals surface area contributed by atoms with Crippen molar-refractivity contribution < 1.29 is 9.18 Å². The minimum atomic E-state index is -0.493. The number of thioether (sulfide) groups is 1. The molecule has 130 valence electrons. The number of nitrogens with zero attached hydrogens (tertiary/aromatic N) is 3. The smallest absolute Gasteiger partial charge is 0.209 e. The maximum absolute atomic E-state index is 13.7. The van der Waals surface area contributed by atoms with Crippen LogP contribution in [-0.4, -0.2) is 26.7 Å². The molecule has 0 radical (unpaired) electrons. The Bertz CT molecular complexity index is 869. The summed E-state index contributed by atoms with van der Waals surface area (Å²) in [6.07, 6.45) is 2.24. The molecular weight excluding hydrogens is 337 g/mol. The predicted molar refractivity (Wildman–Crippen MR) is 94.4 cm³/mol. The van der Waals surface area contributed by atoms with Gasteiger partial charge in [0, 0.05) is 11.3 Å². The van der Waals surface area contributed by atoms with Crippen LogP contribution in [0.3, 0.4) is 0 Å². The highest BCUT2D eigenvalue weighted by molar-refractivity contribution is 7.99. The Balaban J connectivity index is 1.55. The molecule has 1 heterocycles. The van der Waals surface area contributed by atoms with Gasteiger partial charge in [-0.2, -0.15) is 5.10 Å². The lowest BCUT2D eigenvalue weighted by atomic mass is 9.70. The zero-order valence-corrected chi connectivity index (χ0v) is 15.4. The Morgan fingerprint density at radius 3 is 2.80 bits per heavy atom. The molecule has 1 fully saturated rings. The second-order valence-corrected chi connectivity index (χ2v) is 8.61. The zero-order chi connectivity index (χ0) is 17.8. The molecule has 25 heavy (non-hydrogen) atoms. The molecule has 6 heteroatoms. The number of aromatic nitrogens is 3. The number of benzene rings is 1. The van der Waals surface area contributed by atoms with Crippen LogP contribution < -0.4 is 0 Å². The van der Waals surface area contributed by atoms with Gasteiger partial charge in [-0.1, -0.05) is 44.7 Å². The van der Waals surface area contributed by atoms with Gasteiger partial charge in [0.25, 0.3) is 0 Å². The normalized spacial score (nSPS) is 25.8. The summed E-state index contributed by atoms with van der Waals surface area (Å²) in [5.74, 6) is -0.246. The summed E-state index contributed by atoms with van der Waals surface area (Å²) in [6, 6.07) is 6.03. The number of fused-ring (bicyclic) bond motifs is 5. The zero-order valence-electron chi connectivity index (χ0n) is 14.5. The van der Waals surface area contributed by atoms with Crippen LogP contribution in [0.15, 0.2) is 29.4 Å². The van der Waals surface area contributed by atoms with Crippen LogP contribution in [0.5, 0.6) is 0 Å². The number of hydrogen-bond donors (Lipinski definition) is 0. The van der Waals surface area contributed by atoms with E-state index in [9.17, 15) is 9.18 Å². The van der Waals surface area contributed by atoms with Gasteiger partial charge in [-0.05, 0) is 30.4 Å². The van der Waals surface area contributed by atoms with E-state index >= 15 is 0 Å². The van der Waals surface area contributed by atoms with E-state index in [1.807, 2.05) is 0 Å². The van der Waals surface area contributed by atoms with Crippen LogP contribution in [0, 0.1) is 11.2 Å². The van der Waals surface area contributed by atoms with Gasteiger partial charge in [0.2, 0.25) is 5.16 Å². The number of carbonyl (C=O) groups is 1. The van der Waals surface area contributed by atoms with Crippen molar-refractivity contribution in [1.82, 2.24) is 15.2 Å². The van der Waals surface area contributed by atoms with Gasteiger partial charge in [0.05, 0.1) is 22.7 Å². The molecule has 1 aromatic carbocycles. The molecule has 2 aromatic rings. The summed E-state index contributed by atoms with van der Waals surface area (Å²) >= 11 is 1.22. The first-order chi connectivity index (χ1) is 11.8. The van der Waals surface area contributed by atoms with E-state index in [2.05, 4.69) is 31.0 Å². The third kappa shape index (κ3) is 2.34. The van der Waals surface area contributed by atoms with Gasteiger partial charge in [-0.25, -0.2) is 9.37 Å². The van der Waals surface area contributed by atoms with E-state index < -0.39 is 5.82 Å². The Labute approximate surface area is 150 Å².